The molecule has 3 aromatic carbocycles. The van der Waals surface area contributed by atoms with E-state index >= 15 is 0 Å². The maximum absolute atomic E-state index is 12.9. The number of aliphatic hydroxyl groups excluding tert-OH is 1. The van der Waals surface area contributed by atoms with E-state index in [0.717, 1.165) is 53.0 Å². The van der Waals surface area contributed by atoms with Gasteiger partial charge in [0, 0.05) is 30.0 Å². The Morgan fingerprint density at radius 1 is 1.13 bits per heavy atom. The molecule has 1 unspecified atom stereocenters. The van der Waals surface area contributed by atoms with Crippen molar-refractivity contribution in [2.75, 3.05) is 11.9 Å². The molecule has 0 spiro atoms. The number of amides is 1. The molecule has 1 aliphatic carbocycles. The fourth-order valence-corrected chi connectivity index (χ4v) is 5.64. The van der Waals surface area contributed by atoms with Crippen LogP contribution in [0.5, 0.6) is 0 Å². The van der Waals surface area contributed by atoms with Gasteiger partial charge in [-0.15, -0.1) is 0 Å². The molecular formula is C31H31ClN4O2. The van der Waals surface area contributed by atoms with Crippen LogP contribution in [0.15, 0.2) is 72.9 Å². The van der Waals surface area contributed by atoms with Gasteiger partial charge in [0.15, 0.2) is 0 Å². The first-order chi connectivity index (χ1) is 18.5. The average Bonchev–Trinajstić information content (AvgIpc) is 3.42. The van der Waals surface area contributed by atoms with E-state index in [1.165, 1.54) is 12.0 Å². The first-order valence-corrected chi connectivity index (χ1v) is 13.7. The Morgan fingerprint density at radius 2 is 1.97 bits per heavy atom. The van der Waals surface area contributed by atoms with Crippen LogP contribution in [-0.2, 0) is 17.8 Å². The molecule has 6 rings (SSSR count). The van der Waals surface area contributed by atoms with Crippen LogP contribution in [0.2, 0.25) is 5.02 Å². The summed E-state index contributed by atoms with van der Waals surface area (Å²) in [6, 6.07) is 22.1. The minimum Gasteiger partial charge on any atom is -0.383 e. The number of hydrogen-bond acceptors (Lipinski definition) is 4. The van der Waals surface area contributed by atoms with Crippen molar-refractivity contribution < 1.29 is 9.90 Å². The lowest BCUT2D eigenvalue weighted by Gasteiger charge is -2.33. The van der Waals surface area contributed by atoms with Crippen LogP contribution in [0.25, 0.3) is 22.6 Å². The van der Waals surface area contributed by atoms with Crippen molar-refractivity contribution in [3.63, 3.8) is 0 Å². The summed E-state index contributed by atoms with van der Waals surface area (Å²) >= 11 is 6.57. The molecular weight excluding hydrogens is 496 g/mol. The fourth-order valence-electron chi connectivity index (χ4n) is 5.43. The van der Waals surface area contributed by atoms with E-state index in [4.69, 9.17) is 11.6 Å². The Kier molecular flexibility index (Phi) is 6.92. The summed E-state index contributed by atoms with van der Waals surface area (Å²) in [4.78, 5) is 22.7. The van der Waals surface area contributed by atoms with E-state index in [1.54, 1.807) is 4.90 Å². The van der Waals surface area contributed by atoms with E-state index in [-0.39, 0.29) is 5.91 Å². The maximum Gasteiger partial charge on any atom is 0.251 e. The number of nitrogens with zero attached hydrogens (tertiary/aromatic N) is 2. The minimum absolute atomic E-state index is 0.142. The van der Waals surface area contributed by atoms with Gasteiger partial charge >= 0.3 is 0 Å². The quantitative estimate of drug-likeness (QED) is 0.254. The topological polar surface area (TPSA) is 81.2 Å². The van der Waals surface area contributed by atoms with Gasteiger partial charge in [-0.1, -0.05) is 73.3 Å². The largest absolute Gasteiger partial charge is 0.383 e. The van der Waals surface area contributed by atoms with Crippen LogP contribution in [0.4, 0.5) is 11.4 Å². The first-order valence-electron chi connectivity index (χ1n) is 13.3. The maximum atomic E-state index is 12.9. The lowest BCUT2D eigenvalue weighted by molar-refractivity contribution is -0.142. The predicted molar refractivity (Wildman–Crippen MR) is 151 cm³/mol. The molecule has 194 valence electrons. The van der Waals surface area contributed by atoms with Gasteiger partial charge in [0.2, 0.25) is 0 Å². The van der Waals surface area contributed by atoms with Crippen LogP contribution in [0, 0.1) is 5.92 Å². The van der Waals surface area contributed by atoms with Crippen molar-refractivity contribution in [2.24, 2.45) is 5.92 Å². The number of imidazole rings is 1. The lowest BCUT2D eigenvalue weighted by Crippen LogP contribution is -2.43. The van der Waals surface area contributed by atoms with Gasteiger partial charge in [-0.2, -0.15) is 0 Å². The number of hydrogen-bond donors (Lipinski definition) is 3. The number of H-pyrrole nitrogens is 1. The van der Waals surface area contributed by atoms with E-state index < -0.39 is 6.10 Å². The zero-order valence-corrected chi connectivity index (χ0v) is 21.9. The van der Waals surface area contributed by atoms with E-state index in [1.807, 2.05) is 60.8 Å². The summed E-state index contributed by atoms with van der Waals surface area (Å²) in [5.74, 6) is 1.07. The van der Waals surface area contributed by atoms with Crippen LogP contribution in [-0.4, -0.2) is 38.5 Å². The Balaban J connectivity index is 1.19. The molecule has 4 aromatic rings. The van der Waals surface area contributed by atoms with E-state index in [2.05, 4.69) is 27.4 Å². The summed E-state index contributed by atoms with van der Waals surface area (Å²) in [5, 5.41) is 14.7. The normalized spacial score (nSPS) is 16.0. The van der Waals surface area contributed by atoms with Crippen molar-refractivity contribution in [1.82, 2.24) is 14.9 Å². The van der Waals surface area contributed by atoms with Crippen LogP contribution in [0.3, 0.4) is 0 Å². The van der Waals surface area contributed by atoms with Gasteiger partial charge in [0.1, 0.15) is 11.9 Å². The van der Waals surface area contributed by atoms with Gasteiger partial charge in [-0.3, -0.25) is 4.79 Å². The molecule has 1 aliphatic heterocycles. The third kappa shape index (κ3) is 5.06. The molecule has 0 radical (unpaired) electrons. The zero-order chi connectivity index (χ0) is 26.1. The van der Waals surface area contributed by atoms with E-state index in [0.29, 0.717) is 36.3 Å². The highest BCUT2D eigenvalue weighted by Crippen LogP contribution is 2.35. The summed E-state index contributed by atoms with van der Waals surface area (Å²) in [7, 11) is 0. The van der Waals surface area contributed by atoms with Gasteiger partial charge < -0.3 is 20.3 Å². The second-order valence-electron chi connectivity index (χ2n) is 10.3. The molecule has 38 heavy (non-hydrogen) atoms. The number of aromatic amines is 1. The molecule has 7 heteroatoms. The molecule has 1 saturated carbocycles. The molecule has 0 saturated heterocycles. The number of benzene rings is 3. The number of aromatic nitrogens is 2. The second-order valence-corrected chi connectivity index (χ2v) is 10.7. The second kappa shape index (κ2) is 10.6. The molecule has 3 N–H and O–H groups in total. The number of nitrogens with one attached hydrogen (secondary N) is 2. The Morgan fingerprint density at radius 3 is 2.76 bits per heavy atom. The summed E-state index contributed by atoms with van der Waals surface area (Å²) < 4.78 is 0. The van der Waals surface area contributed by atoms with Crippen LogP contribution < -0.4 is 5.32 Å². The molecule has 2 heterocycles. The number of fused-ring (bicyclic) bond motifs is 1. The third-order valence-corrected chi connectivity index (χ3v) is 8.13. The van der Waals surface area contributed by atoms with Crippen molar-refractivity contribution in [3.8, 4) is 22.6 Å². The standard InChI is InChI=1S/C31H31ClN4O2/c32-26-13-12-23(17-25(26)30-33-18-28(35-30)21-8-2-1-3-9-21)34-27-11-5-10-22-19-36(15-14-24(22)27)31(38)29(37)16-20-6-4-7-20/h1-3,5,8-13,17-18,20,29,34,37H,4,6-7,14-16,19H2,(H,33,35). The third-order valence-electron chi connectivity index (χ3n) is 7.81. The fraction of sp³-hybridized carbons (Fsp3) is 0.290. The number of carbonyl (C=O) groups is 1. The minimum atomic E-state index is -0.889. The molecule has 1 atom stereocenters. The SMILES string of the molecule is O=C(C(O)CC1CCC1)N1CCc2c(cccc2Nc2ccc(Cl)c(-c3ncc(-c4ccccc4)[nH]3)c2)C1. The Labute approximate surface area is 227 Å². The van der Waals surface area contributed by atoms with Gasteiger partial charge in [0.05, 0.1) is 16.9 Å². The van der Waals surface area contributed by atoms with Gasteiger partial charge in [0.25, 0.3) is 5.91 Å². The summed E-state index contributed by atoms with van der Waals surface area (Å²) in [5.41, 5.74) is 7.05. The number of rotatable bonds is 7. The summed E-state index contributed by atoms with van der Waals surface area (Å²) in [6.07, 6.45) is 5.73. The van der Waals surface area contributed by atoms with E-state index in [9.17, 15) is 9.90 Å². The molecule has 1 fully saturated rings. The smallest absolute Gasteiger partial charge is 0.251 e. The van der Waals surface area contributed by atoms with Crippen molar-refractivity contribution in [1.29, 1.82) is 0 Å². The highest BCUT2D eigenvalue weighted by molar-refractivity contribution is 6.33. The van der Waals surface area contributed by atoms with Crippen molar-refractivity contribution >= 4 is 28.9 Å². The molecule has 6 nitrogen and oxygen atoms in total. The van der Waals surface area contributed by atoms with Crippen molar-refractivity contribution in [2.45, 2.75) is 44.8 Å². The van der Waals surface area contributed by atoms with Gasteiger partial charge in [-0.05, 0) is 59.7 Å². The molecule has 1 aromatic heterocycles. The summed E-state index contributed by atoms with van der Waals surface area (Å²) in [6.45, 7) is 1.12. The average molecular weight is 527 g/mol. The Hall–Kier alpha value is -3.61. The number of carbonyl (C=O) groups excluding carboxylic acids is 1. The number of aliphatic hydroxyl groups is 1. The predicted octanol–water partition coefficient (Wildman–Crippen LogP) is 6.58. The van der Waals surface area contributed by atoms with Crippen molar-refractivity contribution in [3.05, 3.63) is 89.1 Å². The molecule has 2 aliphatic rings. The number of halogens is 1. The van der Waals surface area contributed by atoms with Gasteiger partial charge in [-0.25, -0.2) is 4.98 Å². The Bertz CT molecular complexity index is 1450. The van der Waals surface area contributed by atoms with Crippen LogP contribution >= 0.6 is 11.6 Å². The lowest BCUT2D eigenvalue weighted by atomic mass is 9.81. The van der Waals surface area contributed by atoms with Crippen LogP contribution in [0.1, 0.15) is 36.8 Å². The first kappa shape index (κ1) is 24.7. The monoisotopic (exact) mass is 526 g/mol. The zero-order valence-electron chi connectivity index (χ0n) is 21.2. The highest BCUT2D eigenvalue weighted by atomic mass is 35.5. The highest BCUT2D eigenvalue weighted by Gasteiger charge is 2.30. The number of anilines is 2. The molecule has 1 amide bonds. The molecule has 0 bridgehead atoms.